The molecule has 0 aromatic heterocycles. The fourth-order valence-corrected chi connectivity index (χ4v) is 1.99. The van der Waals surface area contributed by atoms with Crippen LogP contribution in [-0.2, 0) is 4.74 Å². The van der Waals surface area contributed by atoms with E-state index >= 15 is 0 Å². The first-order valence-corrected chi connectivity index (χ1v) is 5.88. The highest BCUT2D eigenvalue weighted by molar-refractivity contribution is 6.59. The summed E-state index contributed by atoms with van der Waals surface area (Å²) in [6, 6.07) is 5.23. The average Bonchev–Trinajstić information content (AvgIpc) is 2.78. The Kier molecular flexibility index (Phi) is 4.04. The molecule has 17 heavy (non-hydrogen) atoms. The van der Waals surface area contributed by atoms with E-state index in [-0.39, 0.29) is 6.10 Å². The van der Waals surface area contributed by atoms with Crippen LogP contribution in [-0.4, -0.2) is 36.5 Å². The van der Waals surface area contributed by atoms with Crippen molar-refractivity contribution in [1.29, 1.82) is 0 Å². The third kappa shape index (κ3) is 3.22. The molecule has 1 unspecified atom stereocenters. The summed E-state index contributed by atoms with van der Waals surface area (Å²) in [7, 11) is -1.43. The maximum absolute atomic E-state index is 9.09. The van der Waals surface area contributed by atoms with Gasteiger partial charge < -0.3 is 19.5 Å². The Hall–Kier alpha value is -1.04. The standard InChI is InChI=1S/C12H17BO4/c1-9-7-10(4-5-12(9)13(14)15)17-8-11-3-2-6-16-11/h4-5,7,11,14-15H,2-3,6,8H2,1H3. The summed E-state index contributed by atoms with van der Waals surface area (Å²) in [4.78, 5) is 0. The molecule has 0 amide bonds. The topological polar surface area (TPSA) is 58.9 Å². The molecule has 1 aromatic rings. The molecule has 1 aliphatic heterocycles. The number of ether oxygens (including phenoxy) is 2. The van der Waals surface area contributed by atoms with Crippen LogP contribution in [0.4, 0.5) is 0 Å². The van der Waals surface area contributed by atoms with Crippen LogP contribution in [0.2, 0.25) is 0 Å². The molecule has 1 aliphatic rings. The van der Waals surface area contributed by atoms with Crippen molar-refractivity contribution in [3.05, 3.63) is 23.8 Å². The van der Waals surface area contributed by atoms with Crippen LogP contribution >= 0.6 is 0 Å². The molecule has 0 saturated carbocycles. The van der Waals surface area contributed by atoms with Gasteiger partial charge in [0, 0.05) is 6.61 Å². The van der Waals surface area contributed by atoms with Crippen molar-refractivity contribution in [3.63, 3.8) is 0 Å². The largest absolute Gasteiger partial charge is 0.491 e. The first kappa shape index (κ1) is 12.4. The van der Waals surface area contributed by atoms with Crippen LogP contribution in [0, 0.1) is 6.92 Å². The van der Waals surface area contributed by atoms with Crippen LogP contribution in [0.25, 0.3) is 0 Å². The van der Waals surface area contributed by atoms with Gasteiger partial charge in [-0.2, -0.15) is 0 Å². The van der Waals surface area contributed by atoms with Crippen molar-refractivity contribution < 1.29 is 19.5 Å². The lowest BCUT2D eigenvalue weighted by Crippen LogP contribution is -2.31. The predicted octanol–water partition coefficient (Wildman–Crippen LogP) is 0.233. The van der Waals surface area contributed by atoms with E-state index in [4.69, 9.17) is 19.5 Å². The third-order valence-corrected chi connectivity index (χ3v) is 2.98. The molecule has 1 saturated heterocycles. The molecule has 2 rings (SSSR count). The van der Waals surface area contributed by atoms with Crippen molar-refractivity contribution in [2.75, 3.05) is 13.2 Å². The lowest BCUT2D eigenvalue weighted by atomic mass is 9.77. The third-order valence-electron chi connectivity index (χ3n) is 2.98. The molecule has 0 spiro atoms. The fourth-order valence-electron chi connectivity index (χ4n) is 1.99. The van der Waals surface area contributed by atoms with Gasteiger partial charge in [-0.25, -0.2) is 0 Å². The number of benzene rings is 1. The van der Waals surface area contributed by atoms with Crippen molar-refractivity contribution in [3.8, 4) is 5.75 Å². The molecule has 4 nitrogen and oxygen atoms in total. The average molecular weight is 236 g/mol. The molecule has 2 N–H and O–H groups in total. The first-order chi connectivity index (χ1) is 8.16. The van der Waals surface area contributed by atoms with Gasteiger partial charge in [0.05, 0.1) is 6.10 Å². The van der Waals surface area contributed by atoms with E-state index in [1.807, 2.05) is 13.0 Å². The normalized spacial score (nSPS) is 19.4. The molecular formula is C12H17BO4. The monoisotopic (exact) mass is 236 g/mol. The number of aryl methyl sites for hydroxylation is 1. The molecule has 1 fully saturated rings. The van der Waals surface area contributed by atoms with E-state index in [9.17, 15) is 0 Å². The Balaban J connectivity index is 1.94. The molecule has 1 heterocycles. The second kappa shape index (κ2) is 5.53. The van der Waals surface area contributed by atoms with Gasteiger partial charge in [0.1, 0.15) is 12.4 Å². The zero-order valence-electron chi connectivity index (χ0n) is 9.93. The summed E-state index contributed by atoms with van der Waals surface area (Å²) in [5.41, 5.74) is 1.32. The van der Waals surface area contributed by atoms with Crippen LogP contribution in [0.15, 0.2) is 18.2 Å². The Morgan fingerprint density at radius 2 is 2.29 bits per heavy atom. The number of hydrogen-bond acceptors (Lipinski definition) is 4. The Labute approximate surface area is 101 Å². The Bertz CT molecular complexity index is 375. The molecule has 92 valence electrons. The lowest BCUT2D eigenvalue weighted by molar-refractivity contribution is 0.0679. The number of rotatable bonds is 4. The van der Waals surface area contributed by atoms with E-state index in [2.05, 4.69) is 0 Å². The highest BCUT2D eigenvalue weighted by atomic mass is 16.5. The summed E-state index contributed by atoms with van der Waals surface area (Å²) in [6.07, 6.45) is 2.34. The summed E-state index contributed by atoms with van der Waals surface area (Å²) in [6.45, 7) is 3.21. The van der Waals surface area contributed by atoms with E-state index in [0.29, 0.717) is 12.1 Å². The molecule has 0 radical (unpaired) electrons. The summed E-state index contributed by atoms with van der Waals surface area (Å²) in [5.74, 6) is 0.738. The van der Waals surface area contributed by atoms with E-state index in [1.165, 1.54) is 0 Å². The molecule has 1 aromatic carbocycles. The second-order valence-corrected chi connectivity index (χ2v) is 4.34. The van der Waals surface area contributed by atoms with Gasteiger partial charge in [-0.3, -0.25) is 0 Å². The lowest BCUT2D eigenvalue weighted by Gasteiger charge is -2.13. The van der Waals surface area contributed by atoms with Gasteiger partial charge >= 0.3 is 7.12 Å². The Morgan fingerprint density at radius 1 is 1.47 bits per heavy atom. The predicted molar refractivity (Wildman–Crippen MR) is 65.5 cm³/mol. The van der Waals surface area contributed by atoms with Crippen LogP contribution in [0.3, 0.4) is 0 Å². The smallest absolute Gasteiger partial charge is 0.488 e. The van der Waals surface area contributed by atoms with Gasteiger partial charge in [0.25, 0.3) is 0 Å². The SMILES string of the molecule is Cc1cc(OCC2CCCO2)ccc1B(O)O. The highest BCUT2D eigenvalue weighted by Gasteiger charge is 2.17. The van der Waals surface area contributed by atoms with Crippen molar-refractivity contribution in [1.82, 2.24) is 0 Å². The summed E-state index contributed by atoms with van der Waals surface area (Å²) >= 11 is 0. The highest BCUT2D eigenvalue weighted by Crippen LogP contribution is 2.16. The minimum Gasteiger partial charge on any atom is -0.491 e. The summed E-state index contributed by atoms with van der Waals surface area (Å²) in [5, 5.41) is 18.2. The zero-order valence-corrected chi connectivity index (χ0v) is 9.93. The zero-order chi connectivity index (χ0) is 12.3. The van der Waals surface area contributed by atoms with Gasteiger partial charge in [-0.05, 0) is 42.9 Å². The maximum Gasteiger partial charge on any atom is 0.488 e. The van der Waals surface area contributed by atoms with Crippen molar-refractivity contribution in [2.24, 2.45) is 0 Å². The van der Waals surface area contributed by atoms with E-state index < -0.39 is 7.12 Å². The minimum atomic E-state index is -1.43. The van der Waals surface area contributed by atoms with E-state index in [1.54, 1.807) is 12.1 Å². The van der Waals surface area contributed by atoms with E-state index in [0.717, 1.165) is 30.8 Å². The first-order valence-electron chi connectivity index (χ1n) is 5.88. The Morgan fingerprint density at radius 3 is 2.88 bits per heavy atom. The quantitative estimate of drug-likeness (QED) is 0.735. The van der Waals surface area contributed by atoms with Gasteiger partial charge in [-0.1, -0.05) is 6.07 Å². The molecule has 1 atom stereocenters. The van der Waals surface area contributed by atoms with Crippen LogP contribution in [0.5, 0.6) is 5.75 Å². The molecule has 5 heteroatoms. The van der Waals surface area contributed by atoms with Crippen LogP contribution < -0.4 is 10.2 Å². The fraction of sp³-hybridized carbons (Fsp3) is 0.500. The van der Waals surface area contributed by atoms with Crippen molar-refractivity contribution in [2.45, 2.75) is 25.9 Å². The number of hydrogen-bond donors (Lipinski definition) is 2. The van der Waals surface area contributed by atoms with Gasteiger partial charge in [-0.15, -0.1) is 0 Å². The molecular weight excluding hydrogens is 219 g/mol. The molecule has 0 bridgehead atoms. The van der Waals surface area contributed by atoms with Gasteiger partial charge in [0.15, 0.2) is 0 Å². The van der Waals surface area contributed by atoms with Crippen molar-refractivity contribution >= 4 is 12.6 Å². The maximum atomic E-state index is 9.09. The summed E-state index contributed by atoms with van der Waals surface area (Å²) < 4.78 is 11.1. The van der Waals surface area contributed by atoms with Crippen LogP contribution in [0.1, 0.15) is 18.4 Å². The minimum absolute atomic E-state index is 0.193. The second-order valence-electron chi connectivity index (χ2n) is 4.34. The molecule has 0 aliphatic carbocycles. The van der Waals surface area contributed by atoms with Gasteiger partial charge in [0.2, 0.25) is 0 Å².